The molecular weight excluding hydrogens is 474 g/mol. The van der Waals surface area contributed by atoms with Gasteiger partial charge in [-0.2, -0.15) is 13.2 Å². The zero-order valence-corrected chi connectivity index (χ0v) is 19.0. The maximum atomic E-state index is 12.8. The molecule has 0 aromatic heterocycles. The Balaban J connectivity index is 0.00000364. The summed E-state index contributed by atoms with van der Waals surface area (Å²) in [5.41, 5.74) is -0.120. The molecule has 1 N–H and O–H groups in total. The first kappa shape index (κ1) is 24.7. The van der Waals surface area contributed by atoms with Gasteiger partial charge in [-0.3, -0.25) is 14.8 Å². The average molecular weight is 507 g/mol. The molecule has 2 heterocycles. The molecule has 2 saturated heterocycles. The van der Waals surface area contributed by atoms with Crippen LogP contribution in [0, 0.1) is 0 Å². The second-order valence-corrected chi connectivity index (χ2v) is 7.60. The highest BCUT2D eigenvalue weighted by Gasteiger charge is 2.41. The van der Waals surface area contributed by atoms with E-state index in [-0.39, 0.29) is 29.6 Å². The molecule has 2 aliphatic heterocycles. The summed E-state index contributed by atoms with van der Waals surface area (Å²) in [5.74, 6) is 0.761. The van der Waals surface area contributed by atoms with Gasteiger partial charge in [0.1, 0.15) is 6.04 Å². The lowest BCUT2D eigenvalue weighted by atomic mass is 10.1. The van der Waals surface area contributed by atoms with Crippen molar-refractivity contribution in [2.45, 2.75) is 38.6 Å². The fourth-order valence-electron chi connectivity index (χ4n) is 3.49. The molecule has 0 amide bonds. The average Bonchev–Trinajstić information content (AvgIpc) is 2.57. The van der Waals surface area contributed by atoms with Crippen molar-refractivity contribution in [2.75, 3.05) is 66.0 Å². The van der Waals surface area contributed by atoms with Crippen molar-refractivity contribution in [2.24, 2.45) is 4.99 Å². The number of alkyl halides is 3. The van der Waals surface area contributed by atoms with E-state index in [1.54, 1.807) is 7.05 Å². The monoisotopic (exact) mass is 507 g/mol. The topological polar surface area (TPSA) is 43.3 Å². The quantitative estimate of drug-likeness (QED) is 0.358. The highest BCUT2D eigenvalue weighted by molar-refractivity contribution is 14.0. The Morgan fingerprint density at radius 2 is 1.81 bits per heavy atom. The van der Waals surface area contributed by atoms with E-state index in [0.717, 1.165) is 38.7 Å². The lowest BCUT2D eigenvalue weighted by molar-refractivity contribution is -0.181. The van der Waals surface area contributed by atoms with Crippen LogP contribution in [0.1, 0.15) is 20.8 Å². The number of morpholine rings is 1. The first-order valence-electron chi connectivity index (χ1n) is 9.25. The normalized spacial score (nSPS) is 23.7. The zero-order valence-electron chi connectivity index (χ0n) is 16.7. The van der Waals surface area contributed by atoms with E-state index >= 15 is 0 Å². The lowest BCUT2D eigenvalue weighted by Crippen LogP contribution is -2.57. The number of guanidine groups is 1. The molecule has 160 valence electrons. The van der Waals surface area contributed by atoms with Crippen molar-refractivity contribution in [3.05, 3.63) is 0 Å². The minimum Gasteiger partial charge on any atom is -0.373 e. The van der Waals surface area contributed by atoms with Crippen LogP contribution in [0.15, 0.2) is 4.99 Å². The molecule has 2 aliphatic rings. The van der Waals surface area contributed by atoms with Gasteiger partial charge >= 0.3 is 6.18 Å². The molecule has 27 heavy (non-hydrogen) atoms. The standard InChI is InChI=1S/C17H32F3N5O.HI/c1-14(17(18,19)20)24-7-9-25(10-8-24)15(21-4)22-5-6-23-11-12-26-16(2,3)13-23;/h14H,5-13H2,1-4H3,(H,21,22);1H. The van der Waals surface area contributed by atoms with Crippen LogP contribution in [-0.2, 0) is 4.74 Å². The Bertz CT molecular complexity index is 482. The third kappa shape index (κ3) is 7.54. The molecule has 0 aromatic carbocycles. The minimum atomic E-state index is -4.17. The molecule has 0 radical (unpaired) electrons. The first-order valence-corrected chi connectivity index (χ1v) is 9.25. The molecule has 10 heteroatoms. The van der Waals surface area contributed by atoms with Crippen molar-refractivity contribution < 1.29 is 17.9 Å². The van der Waals surface area contributed by atoms with Gasteiger partial charge in [-0.1, -0.05) is 0 Å². The fraction of sp³-hybridized carbons (Fsp3) is 0.941. The molecule has 0 saturated carbocycles. The van der Waals surface area contributed by atoms with Crippen molar-refractivity contribution in [3.63, 3.8) is 0 Å². The van der Waals surface area contributed by atoms with Crippen LogP contribution in [0.2, 0.25) is 0 Å². The van der Waals surface area contributed by atoms with Gasteiger partial charge in [0.25, 0.3) is 0 Å². The summed E-state index contributed by atoms with van der Waals surface area (Å²) in [6.07, 6.45) is -4.17. The summed E-state index contributed by atoms with van der Waals surface area (Å²) >= 11 is 0. The van der Waals surface area contributed by atoms with Crippen LogP contribution >= 0.6 is 24.0 Å². The van der Waals surface area contributed by atoms with E-state index in [1.165, 1.54) is 11.8 Å². The van der Waals surface area contributed by atoms with Gasteiger partial charge in [0, 0.05) is 59.4 Å². The number of nitrogens with one attached hydrogen (secondary N) is 1. The molecule has 6 nitrogen and oxygen atoms in total. The van der Waals surface area contributed by atoms with Crippen LogP contribution in [0.25, 0.3) is 0 Å². The summed E-state index contributed by atoms with van der Waals surface area (Å²) < 4.78 is 44.3. The summed E-state index contributed by atoms with van der Waals surface area (Å²) in [6.45, 7) is 11.5. The molecule has 0 aliphatic carbocycles. The highest BCUT2D eigenvalue weighted by atomic mass is 127. The van der Waals surface area contributed by atoms with Gasteiger partial charge < -0.3 is 15.0 Å². The van der Waals surface area contributed by atoms with Gasteiger partial charge in [0.2, 0.25) is 0 Å². The number of hydrogen-bond acceptors (Lipinski definition) is 4. The molecular formula is C17H33F3IN5O. The van der Waals surface area contributed by atoms with Crippen LogP contribution in [-0.4, -0.2) is 104 Å². The molecule has 2 rings (SSSR count). The predicted molar refractivity (Wildman–Crippen MR) is 112 cm³/mol. The molecule has 0 bridgehead atoms. The molecule has 0 spiro atoms. The molecule has 0 aromatic rings. The second kappa shape index (κ2) is 10.4. The number of rotatable bonds is 4. The molecule has 2 fully saturated rings. The SMILES string of the molecule is CN=C(NCCN1CCOC(C)(C)C1)N1CCN(C(C)C(F)(F)F)CC1.I. The van der Waals surface area contributed by atoms with Crippen molar-refractivity contribution in [3.8, 4) is 0 Å². The van der Waals surface area contributed by atoms with Gasteiger partial charge in [0.15, 0.2) is 5.96 Å². The van der Waals surface area contributed by atoms with E-state index in [1.807, 2.05) is 4.90 Å². The van der Waals surface area contributed by atoms with E-state index in [2.05, 4.69) is 29.1 Å². The minimum absolute atomic E-state index is 0. The number of nitrogens with zero attached hydrogens (tertiary/aromatic N) is 4. The fourth-order valence-corrected chi connectivity index (χ4v) is 3.49. The van der Waals surface area contributed by atoms with Gasteiger partial charge in [0.05, 0.1) is 12.2 Å². The van der Waals surface area contributed by atoms with Crippen molar-refractivity contribution in [1.82, 2.24) is 20.0 Å². The Morgan fingerprint density at radius 3 is 2.33 bits per heavy atom. The summed E-state index contributed by atoms with van der Waals surface area (Å²) in [4.78, 5) is 10.2. The smallest absolute Gasteiger partial charge is 0.373 e. The van der Waals surface area contributed by atoms with Crippen LogP contribution < -0.4 is 5.32 Å². The Morgan fingerprint density at radius 1 is 1.19 bits per heavy atom. The Labute approximate surface area is 177 Å². The third-order valence-electron chi connectivity index (χ3n) is 5.06. The maximum Gasteiger partial charge on any atom is 0.403 e. The van der Waals surface area contributed by atoms with Gasteiger partial charge in [-0.25, -0.2) is 0 Å². The zero-order chi connectivity index (χ0) is 19.4. The van der Waals surface area contributed by atoms with Gasteiger partial charge in [-0.15, -0.1) is 24.0 Å². The van der Waals surface area contributed by atoms with Gasteiger partial charge in [-0.05, 0) is 20.8 Å². The predicted octanol–water partition coefficient (Wildman–Crippen LogP) is 1.86. The van der Waals surface area contributed by atoms with Crippen LogP contribution in [0.3, 0.4) is 0 Å². The summed E-state index contributed by atoms with van der Waals surface area (Å²) in [7, 11) is 1.71. The third-order valence-corrected chi connectivity index (χ3v) is 5.06. The maximum absolute atomic E-state index is 12.8. The second-order valence-electron chi connectivity index (χ2n) is 7.60. The lowest BCUT2D eigenvalue weighted by Gasteiger charge is -2.40. The van der Waals surface area contributed by atoms with Crippen LogP contribution in [0.4, 0.5) is 13.2 Å². The Kier molecular flexibility index (Phi) is 9.56. The number of hydrogen-bond donors (Lipinski definition) is 1. The van der Waals surface area contributed by atoms with E-state index < -0.39 is 12.2 Å². The number of halogens is 4. The number of ether oxygens (including phenoxy) is 1. The Hall–Kier alpha value is -0.330. The van der Waals surface area contributed by atoms with Crippen molar-refractivity contribution >= 4 is 29.9 Å². The van der Waals surface area contributed by atoms with E-state index in [0.29, 0.717) is 26.2 Å². The van der Waals surface area contributed by atoms with Crippen LogP contribution in [0.5, 0.6) is 0 Å². The number of piperazine rings is 1. The largest absolute Gasteiger partial charge is 0.403 e. The van der Waals surface area contributed by atoms with E-state index in [9.17, 15) is 13.2 Å². The van der Waals surface area contributed by atoms with Crippen molar-refractivity contribution in [1.29, 1.82) is 0 Å². The highest BCUT2D eigenvalue weighted by Crippen LogP contribution is 2.25. The molecule has 1 atom stereocenters. The summed E-state index contributed by atoms with van der Waals surface area (Å²) in [6, 6.07) is -1.40. The van der Waals surface area contributed by atoms with E-state index in [4.69, 9.17) is 4.74 Å². The first-order chi connectivity index (χ1) is 12.1. The summed E-state index contributed by atoms with van der Waals surface area (Å²) in [5, 5.41) is 3.34. The number of aliphatic imine (C=N–C) groups is 1. The molecule has 1 unspecified atom stereocenters.